The summed E-state index contributed by atoms with van der Waals surface area (Å²) in [5.74, 6) is 0.371. The largest absolute Gasteiger partial charge is 0.416 e. The zero-order valence-corrected chi connectivity index (χ0v) is 12.5. The summed E-state index contributed by atoms with van der Waals surface area (Å²) in [6.07, 6.45) is -4.40. The molecule has 2 rings (SSSR count). The van der Waals surface area contributed by atoms with Crippen molar-refractivity contribution in [2.75, 3.05) is 0 Å². The summed E-state index contributed by atoms with van der Waals surface area (Å²) >= 11 is 6.27. The number of halogens is 4. The van der Waals surface area contributed by atoms with E-state index in [1.807, 2.05) is 12.1 Å². The highest BCUT2D eigenvalue weighted by Crippen LogP contribution is 2.39. The van der Waals surface area contributed by atoms with Crippen LogP contribution in [0.4, 0.5) is 13.2 Å². The molecule has 0 spiro atoms. The van der Waals surface area contributed by atoms with E-state index < -0.39 is 17.1 Å². The van der Waals surface area contributed by atoms with Gasteiger partial charge in [-0.25, -0.2) is 0 Å². The summed E-state index contributed by atoms with van der Waals surface area (Å²) in [4.78, 5) is 0. The van der Waals surface area contributed by atoms with Crippen molar-refractivity contribution in [3.8, 4) is 0 Å². The predicted octanol–water partition coefficient (Wildman–Crippen LogP) is 6.16. The molecule has 0 aliphatic heterocycles. The van der Waals surface area contributed by atoms with E-state index in [0.29, 0.717) is 11.5 Å². The molecular formula is C17H16ClF3. The lowest BCUT2D eigenvalue weighted by atomic mass is 9.96. The Morgan fingerprint density at radius 3 is 1.90 bits per heavy atom. The Morgan fingerprint density at radius 2 is 1.38 bits per heavy atom. The highest BCUT2D eigenvalue weighted by Gasteiger charge is 2.34. The van der Waals surface area contributed by atoms with E-state index in [-0.39, 0.29) is 5.56 Å². The van der Waals surface area contributed by atoms with Crippen molar-refractivity contribution in [2.45, 2.75) is 31.3 Å². The Bertz CT molecular complexity index is 600. The Morgan fingerprint density at radius 1 is 0.857 bits per heavy atom. The summed E-state index contributed by atoms with van der Waals surface area (Å²) in [7, 11) is 0. The summed E-state index contributed by atoms with van der Waals surface area (Å²) in [6, 6.07) is 12.8. The maximum Gasteiger partial charge on any atom is 0.416 e. The zero-order valence-electron chi connectivity index (χ0n) is 11.8. The fourth-order valence-electron chi connectivity index (χ4n) is 2.21. The normalized spacial score (nSPS) is 13.5. The summed E-state index contributed by atoms with van der Waals surface area (Å²) in [5.41, 5.74) is 1.20. The molecule has 0 bridgehead atoms. The van der Waals surface area contributed by atoms with E-state index in [1.54, 1.807) is 18.2 Å². The van der Waals surface area contributed by atoms with Crippen LogP contribution in [0.2, 0.25) is 0 Å². The first-order valence-corrected chi connectivity index (χ1v) is 7.14. The van der Waals surface area contributed by atoms with Crippen LogP contribution in [0.25, 0.3) is 0 Å². The lowest BCUT2D eigenvalue weighted by molar-refractivity contribution is -0.138. The highest BCUT2D eigenvalue weighted by molar-refractivity contribution is 6.22. The molecule has 2 aromatic rings. The van der Waals surface area contributed by atoms with Crippen molar-refractivity contribution < 1.29 is 13.2 Å². The molecule has 112 valence electrons. The lowest BCUT2D eigenvalue weighted by Crippen LogP contribution is -2.10. The maximum absolute atomic E-state index is 13.0. The van der Waals surface area contributed by atoms with Crippen LogP contribution >= 0.6 is 11.6 Å². The molecule has 0 N–H and O–H groups in total. The molecule has 4 heteroatoms. The second kappa shape index (κ2) is 6.10. The van der Waals surface area contributed by atoms with Gasteiger partial charge in [-0.2, -0.15) is 13.2 Å². The average Bonchev–Trinajstić information content (AvgIpc) is 2.45. The molecule has 21 heavy (non-hydrogen) atoms. The molecule has 0 fully saturated rings. The molecule has 0 saturated heterocycles. The van der Waals surface area contributed by atoms with Crippen molar-refractivity contribution in [1.82, 2.24) is 0 Å². The minimum absolute atomic E-state index is 0.0870. The van der Waals surface area contributed by atoms with E-state index in [1.165, 1.54) is 12.1 Å². The molecule has 1 atom stereocenters. The predicted molar refractivity (Wildman–Crippen MR) is 79.7 cm³/mol. The van der Waals surface area contributed by atoms with Crippen molar-refractivity contribution in [3.05, 3.63) is 70.8 Å². The number of benzene rings is 2. The second-order valence-corrected chi connectivity index (χ2v) is 5.71. The molecule has 0 saturated carbocycles. The smallest absolute Gasteiger partial charge is 0.166 e. The van der Waals surface area contributed by atoms with Crippen LogP contribution in [-0.2, 0) is 6.18 Å². The first-order chi connectivity index (χ1) is 9.80. The van der Waals surface area contributed by atoms with Gasteiger partial charge < -0.3 is 0 Å². The fourth-order valence-corrected chi connectivity index (χ4v) is 2.54. The summed E-state index contributed by atoms with van der Waals surface area (Å²) in [6.45, 7) is 4.12. The van der Waals surface area contributed by atoms with Gasteiger partial charge in [0.1, 0.15) is 0 Å². The van der Waals surface area contributed by atoms with Gasteiger partial charge in [-0.1, -0.05) is 56.3 Å². The molecule has 0 aliphatic rings. The van der Waals surface area contributed by atoms with Gasteiger partial charge in [-0.15, -0.1) is 11.6 Å². The molecular weight excluding hydrogens is 297 g/mol. The van der Waals surface area contributed by atoms with Crippen LogP contribution in [0.5, 0.6) is 0 Å². The van der Waals surface area contributed by atoms with Crippen LogP contribution < -0.4 is 0 Å². The molecule has 0 nitrogen and oxygen atoms in total. The zero-order chi connectivity index (χ0) is 15.6. The third kappa shape index (κ3) is 3.59. The van der Waals surface area contributed by atoms with E-state index in [0.717, 1.165) is 11.6 Å². The van der Waals surface area contributed by atoms with Gasteiger partial charge in [0.15, 0.2) is 0 Å². The molecule has 0 aliphatic carbocycles. The van der Waals surface area contributed by atoms with Gasteiger partial charge in [0.25, 0.3) is 0 Å². The quantitative estimate of drug-likeness (QED) is 0.596. The Kier molecular flexibility index (Phi) is 4.62. The van der Waals surface area contributed by atoms with Gasteiger partial charge in [0, 0.05) is 0 Å². The molecule has 0 amide bonds. The van der Waals surface area contributed by atoms with Crippen molar-refractivity contribution in [1.29, 1.82) is 0 Å². The fraction of sp³-hybridized carbons (Fsp3) is 0.294. The number of rotatable bonds is 3. The lowest BCUT2D eigenvalue weighted by Gasteiger charge is -2.17. The number of hydrogen-bond acceptors (Lipinski definition) is 0. The second-order valence-electron chi connectivity index (χ2n) is 5.27. The molecule has 2 aromatic carbocycles. The van der Waals surface area contributed by atoms with Crippen molar-refractivity contribution in [2.24, 2.45) is 0 Å². The van der Waals surface area contributed by atoms with E-state index in [4.69, 9.17) is 11.6 Å². The number of alkyl halides is 4. The van der Waals surface area contributed by atoms with Gasteiger partial charge in [-0.3, -0.25) is 0 Å². The van der Waals surface area contributed by atoms with Crippen LogP contribution in [-0.4, -0.2) is 0 Å². The van der Waals surface area contributed by atoms with Crippen molar-refractivity contribution >= 4 is 11.6 Å². The maximum atomic E-state index is 13.0. The summed E-state index contributed by atoms with van der Waals surface area (Å²) < 4.78 is 39.1. The number of hydrogen-bond donors (Lipinski definition) is 0. The Balaban J connectivity index is 2.38. The minimum atomic E-state index is -4.40. The van der Waals surface area contributed by atoms with E-state index in [9.17, 15) is 13.2 Å². The van der Waals surface area contributed by atoms with Crippen LogP contribution in [0, 0.1) is 0 Å². The van der Waals surface area contributed by atoms with Crippen LogP contribution in [0.1, 0.15) is 47.4 Å². The average molecular weight is 313 g/mol. The third-order valence-corrected chi connectivity index (χ3v) is 3.92. The molecule has 1 unspecified atom stereocenters. The van der Waals surface area contributed by atoms with Gasteiger partial charge in [0.05, 0.1) is 10.9 Å². The van der Waals surface area contributed by atoms with Gasteiger partial charge in [-0.05, 0) is 28.7 Å². The van der Waals surface area contributed by atoms with E-state index in [2.05, 4.69) is 13.8 Å². The standard InChI is InChI=1S/C17H16ClF3/c1-11(2)12-7-9-13(10-8-12)16(18)14-5-3-4-6-15(14)17(19,20)21/h3-11,16H,1-2H3. The summed E-state index contributed by atoms with van der Waals surface area (Å²) in [5, 5.41) is -0.816. The highest BCUT2D eigenvalue weighted by atomic mass is 35.5. The third-order valence-electron chi connectivity index (χ3n) is 3.44. The molecule has 0 radical (unpaired) electrons. The Labute approximate surface area is 127 Å². The molecule has 0 heterocycles. The van der Waals surface area contributed by atoms with Crippen LogP contribution in [0.15, 0.2) is 48.5 Å². The Hall–Kier alpha value is -1.48. The SMILES string of the molecule is CC(C)c1ccc(C(Cl)c2ccccc2C(F)(F)F)cc1. The van der Waals surface area contributed by atoms with Gasteiger partial charge in [0.2, 0.25) is 0 Å². The van der Waals surface area contributed by atoms with E-state index >= 15 is 0 Å². The minimum Gasteiger partial charge on any atom is -0.166 e. The topological polar surface area (TPSA) is 0 Å². The molecule has 0 aromatic heterocycles. The van der Waals surface area contributed by atoms with Crippen molar-refractivity contribution in [3.63, 3.8) is 0 Å². The monoisotopic (exact) mass is 312 g/mol. The first-order valence-electron chi connectivity index (χ1n) is 6.70. The van der Waals surface area contributed by atoms with Crippen LogP contribution in [0.3, 0.4) is 0 Å². The first kappa shape index (κ1) is 15.9. The van der Waals surface area contributed by atoms with Gasteiger partial charge >= 0.3 is 6.18 Å².